The molecule has 9 aromatic carbocycles. The maximum atomic E-state index is 9.74. The maximum absolute atomic E-state index is 9.74. The van der Waals surface area contributed by atoms with Crippen LogP contribution < -0.4 is 0 Å². The molecule has 0 amide bonds. The summed E-state index contributed by atoms with van der Waals surface area (Å²) >= 11 is 3.71. The van der Waals surface area contributed by atoms with Crippen molar-refractivity contribution in [2.45, 2.75) is 6.92 Å². The first-order valence-corrected chi connectivity index (χ1v) is 22.6. The number of aromatic nitrogens is 2. The molecule has 0 bridgehead atoms. The van der Waals surface area contributed by atoms with Crippen LogP contribution in [0.1, 0.15) is 11.1 Å². The number of rotatable bonds is 4. The average molecular weight is 837 g/mol. The summed E-state index contributed by atoms with van der Waals surface area (Å²) in [4.78, 5) is 4.21. The molecule has 0 spiro atoms. The normalized spacial score (nSPS) is 11.9. The van der Waals surface area contributed by atoms with Crippen LogP contribution in [0.15, 0.2) is 176 Å². The van der Waals surface area contributed by atoms with E-state index >= 15 is 0 Å². The summed E-state index contributed by atoms with van der Waals surface area (Å²) < 4.78 is 9.89. The van der Waals surface area contributed by atoms with E-state index in [0.29, 0.717) is 11.3 Å². The van der Waals surface area contributed by atoms with Gasteiger partial charge in [-0.05, 0) is 108 Å². The Morgan fingerprint density at radius 1 is 0.492 bits per heavy atom. The van der Waals surface area contributed by atoms with Crippen LogP contribution in [0.4, 0.5) is 5.69 Å². The van der Waals surface area contributed by atoms with Gasteiger partial charge in [0.05, 0.1) is 46.0 Å². The molecule has 0 aliphatic rings. The van der Waals surface area contributed by atoms with Crippen molar-refractivity contribution >= 4 is 112 Å². The molecule has 13 aromatic rings. The monoisotopic (exact) mass is 836 g/mol. The third kappa shape index (κ3) is 5.11. The third-order valence-electron chi connectivity index (χ3n) is 12.9. The van der Waals surface area contributed by atoms with Crippen molar-refractivity contribution in [1.82, 2.24) is 9.13 Å². The Kier molecular flexibility index (Phi) is 7.66. The molecule has 0 unspecified atom stereocenters. The molecule has 0 N–H and O–H groups in total. The summed E-state index contributed by atoms with van der Waals surface area (Å²) in [5.74, 6) is 0. The van der Waals surface area contributed by atoms with Gasteiger partial charge in [-0.3, -0.25) is 0 Å². The zero-order valence-electron chi connectivity index (χ0n) is 33.8. The Morgan fingerprint density at radius 3 is 1.70 bits per heavy atom. The van der Waals surface area contributed by atoms with Crippen LogP contribution in [0.2, 0.25) is 0 Å². The first kappa shape index (κ1) is 35.7. The number of fused-ring (bicyclic) bond motifs is 14. The van der Waals surface area contributed by atoms with Gasteiger partial charge in [0.1, 0.15) is 0 Å². The topological polar surface area (TPSA) is 38.0 Å². The molecule has 0 radical (unpaired) electrons. The lowest BCUT2D eigenvalue weighted by molar-refractivity contribution is 1.17. The number of thiophene rings is 2. The first-order chi connectivity index (χ1) is 31.1. The van der Waals surface area contributed by atoms with Gasteiger partial charge in [0.15, 0.2) is 5.69 Å². The van der Waals surface area contributed by atoms with Gasteiger partial charge in [0.25, 0.3) is 0 Å². The lowest BCUT2D eigenvalue weighted by Gasteiger charge is -2.19. The highest BCUT2D eigenvalue weighted by Gasteiger charge is 2.23. The Balaban J connectivity index is 1.12. The van der Waals surface area contributed by atoms with Gasteiger partial charge >= 0.3 is 0 Å². The predicted octanol–water partition coefficient (Wildman–Crippen LogP) is 16.7. The van der Waals surface area contributed by atoms with Crippen molar-refractivity contribution in [3.05, 3.63) is 198 Å². The fourth-order valence-electron chi connectivity index (χ4n) is 10.2. The molecular formula is C57H32N4S2. The van der Waals surface area contributed by atoms with Crippen molar-refractivity contribution in [3.8, 4) is 39.7 Å². The lowest BCUT2D eigenvalue weighted by atomic mass is 9.93. The van der Waals surface area contributed by atoms with Gasteiger partial charge in [-0.1, -0.05) is 103 Å². The van der Waals surface area contributed by atoms with Crippen molar-refractivity contribution in [1.29, 1.82) is 5.26 Å². The number of hydrogen-bond donors (Lipinski definition) is 0. The highest BCUT2D eigenvalue weighted by Crippen LogP contribution is 2.48. The van der Waals surface area contributed by atoms with Crippen molar-refractivity contribution in [2.75, 3.05) is 0 Å². The molecule has 0 aliphatic carbocycles. The van der Waals surface area contributed by atoms with Gasteiger partial charge in [0.2, 0.25) is 0 Å². The summed E-state index contributed by atoms with van der Waals surface area (Å²) in [6.07, 6.45) is 0. The quantitative estimate of drug-likeness (QED) is 0.163. The van der Waals surface area contributed by atoms with E-state index < -0.39 is 0 Å². The smallest absolute Gasteiger partial charge is 0.195 e. The minimum Gasteiger partial charge on any atom is -0.309 e. The number of nitrogens with zero attached hydrogens (tertiary/aromatic N) is 4. The lowest BCUT2D eigenvalue weighted by Crippen LogP contribution is -2.00. The number of nitriles is 1. The number of hydrogen-bond acceptors (Lipinski definition) is 3. The SMILES string of the molecule is [C-]#[N+]c1ccc(-n2c3ccccc3c3c4sc5ccccc5c4ccc32)cc1-c1cc(-c2ccc(C#N)cc2C)ccc1-n1c2ccccc2c2c3sc4ccccc4c3ccc21. The minimum absolute atomic E-state index is 0.578. The van der Waals surface area contributed by atoms with E-state index in [9.17, 15) is 5.26 Å². The second-order valence-electron chi connectivity index (χ2n) is 16.3. The first-order valence-electron chi connectivity index (χ1n) is 20.9. The summed E-state index contributed by atoms with van der Waals surface area (Å²) in [5.41, 5.74) is 12.6. The van der Waals surface area contributed by atoms with Crippen molar-refractivity contribution in [2.24, 2.45) is 0 Å². The molecule has 0 saturated heterocycles. The molecule has 0 atom stereocenters. The fraction of sp³-hybridized carbons (Fsp3) is 0.0175. The predicted molar refractivity (Wildman–Crippen MR) is 267 cm³/mol. The largest absolute Gasteiger partial charge is 0.309 e. The average Bonchev–Trinajstić information content (AvgIpc) is 4.09. The third-order valence-corrected chi connectivity index (χ3v) is 15.3. The zero-order chi connectivity index (χ0) is 41.9. The van der Waals surface area contributed by atoms with Crippen molar-refractivity contribution in [3.63, 3.8) is 0 Å². The van der Waals surface area contributed by atoms with E-state index in [2.05, 4.69) is 179 Å². The highest BCUT2D eigenvalue weighted by molar-refractivity contribution is 7.27. The van der Waals surface area contributed by atoms with Gasteiger partial charge < -0.3 is 9.13 Å². The summed E-state index contributed by atoms with van der Waals surface area (Å²) in [7, 11) is 0. The molecule has 0 fully saturated rings. The fourth-order valence-corrected chi connectivity index (χ4v) is 12.7. The van der Waals surface area contributed by atoms with Gasteiger partial charge in [-0.25, -0.2) is 4.85 Å². The molecular weight excluding hydrogens is 805 g/mol. The van der Waals surface area contributed by atoms with Gasteiger partial charge in [0, 0.05) is 67.6 Å². The number of benzene rings is 9. The summed E-state index contributed by atoms with van der Waals surface area (Å²) in [5, 5.41) is 19.7. The Labute approximate surface area is 369 Å². The van der Waals surface area contributed by atoms with Gasteiger partial charge in [-0.2, -0.15) is 5.26 Å². The molecule has 63 heavy (non-hydrogen) atoms. The molecule has 0 saturated carbocycles. The van der Waals surface area contributed by atoms with Crippen LogP contribution in [0, 0.1) is 24.8 Å². The van der Waals surface area contributed by atoms with Crippen LogP contribution >= 0.6 is 22.7 Å². The summed E-state index contributed by atoms with van der Waals surface area (Å²) in [6.45, 7) is 10.7. The summed E-state index contributed by atoms with van der Waals surface area (Å²) in [6, 6.07) is 65.1. The van der Waals surface area contributed by atoms with E-state index in [1.165, 1.54) is 61.9 Å². The standard InChI is InChI=1S/C57H32N4S2/c1-33-29-34(32-58)19-22-37(33)35-20-26-49(61-48-16-8-4-14-43(48)55-51(61)28-24-41-39-12-6-10-18-53(39)63-57(41)55)45(30-35)44-31-36(21-25-46(44)59-2)60-47-15-7-3-13-42(47)54-50(60)27-23-40-38-11-5-9-17-52(38)62-56(40)54/h3-31H,1H3. The Bertz CT molecular complexity index is 4200. The van der Waals surface area contributed by atoms with E-state index in [1.54, 1.807) is 0 Å². The van der Waals surface area contributed by atoms with Crippen LogP contribution in [0.25, 0.3) is 122 Å². The molecule has 4 aromatic heterocycles. The molecule has 4 heterocycles. The molecule has 6 heteroatoms. The molecule has 4 nitrogen and oxygen atoms in total. The van der Waals surface area contributed by atoms with E-state index in [-0.39, 0.29) is 0 Å². The van der Waals surface area contributed by atoms with Gasteiger partial charge in [-0.15, -0.1) is 22.7 Å². The van der Waals surface area contributed by atoms with E-state index in [0.717, 1.165) is 61.3 Å². The minimum atomic E-state index is 0.578. The van der Waals surface area contributed by atoms with Crippen molar-refractivity contribution < 1.29 is 0 Å². The number of aryl methyl sites for hydroxylation is 1. The van der Waals surface area contributed by atoms with Crippen LogP contribution in [0.3, 0.4) is 0 Å². The maximum Gasteiger partial charge on any atom is 0.195 e. The second kappa shape index (κ2) is 13.5. The number of para-hydroxylation sites is 2. The van der Waals surface area contributed by atoms with Crippen LogP contribution in [0.5, 0.6) is 0 Å². The molecule has 13 rings (SSSR count). The Morgan fingerprint density at radius 2 is 1.08 bits per heavy atom. The van der Waals surface area contributed by atoms with Crippen LogP contribution in [-0.2, 0) is 0 Å². The Hall–Kier alpha value is -8.00. The second-order valence-corrected chi connectivity index (χ2v) is 18.4. The molecule has 0 aliphatic heterocycles. The van der Waals surface area contributed by atoms with E-state index in [4.69, 9.17) is 6.57 Å². The highest BCUT2D eigenvalue weighted by atomic mass is 32.1. The molecule has 292 valence electrons. The zero-order valence-corrected chi connectivity index (χ0v) is 35.5. The van der Waals surface area contributed by atoms with E-state index in [1.807, 2.05) is 46.9 Å². The van der Waals surface area contributed by atoms with Crippen LogP contribution in [-0.4, -0.2) is 9.13 Å².